The maximum absolute atomic E-state index is 2.45. The maximum Gasteiger partial charge on any atom is -0.0135 e. The van der Waals surface area contributed by atoms with Crippen LogP contribution in [0.1, 0.15) is 83.1 Å². The zero-order chi connectivity index (χ0) is 17.3. The summed E-state index contributed by atoms with van der Waals surface area (Å²) in [5, 5.41) is 1.92. The Labute approximate surface area is 140 Å². The zero-order valence-corrected chi connectivity index (χ0v) is 19.6. The van der Waals surface area contributed by atoms with E-state index in [1.54, 1.807) is 0 Å². The summed E-state index contributed by atoms with van der Waals surface area (Å²) in [6.45, 7) is 29.4. The van der Waals surface area contributed by atoms with Crippen LogP contribution in [0.2, 0.25) is 0 Å². The predicted molar refractivity (Wildman–Crippen MR) is 111 cm³/mol. The Kier molecular flexibility index (Phi) is 7.91. The molecule has 0 aromatic heterocycles. The first-order valence-electron chi connectivity index (χ1n) is 8.23. The van der Waals surface area contributed by atoms with Crippen molar-refractivity contribution in [2.24, 2.45) is 0 Å². The normalized spacial score (nSPS) is 15.1. The molecule has 0 aliphatic heterocycles. The minimum absolute atomic E-state index is 0.0776. The summed E-state index contributed by atoms with van der Waals surface area (Å²) in [5.74, 6) is 2.93. The van der Waals surface area contributed by atoms with Gasteiger partial charge in [-0.15, -0.1) is 8.58 Å². The minimum atomic E-state index is 0.0776. The van der Waals surface area contributed by atoms with E-state index in [0.29, 0.717) is 20.6 Å². The molecule has 0 rings (SSSR count). The van der Waals surface area contributed by atoms with E-state index < -0.39 is 0 Å². The van der Waals surface area contributed by atoms with Crippen molar-refractivity contribution in [3.8, 4) is 0 Å². The molecular formula is C18H41P3. The van der Waals surface area contributed by atoms with E-state index in [0.717, 1.165) is 8.58 Å². The summed E-state index contributed by atoms with van der Waals surface area (Å²) in [6.07, 6.45) is 0. The van der Waals surface area contributed by atoms with Crippen LogP contribution in [0.4, 0.5) is 0 Å². The van der Waals surface area contributed by atoms with Crippen molar-refractivity contribution in [1.29, 1.82) is 0 Å². The first kappa shape index (κ1) is 22.3. The lowest BCUT2D eigenvalue weighted by atomic mass is 10.2. The van der Waals surface area contributed by atoms with Crippen molar-refractivity contribution < 1.29 is 0 Å². The molecule has 21 heavy (non-hydrogen) atoms. The molecule has 0 unspecified atom stereocenters. The second-order valence-electron chi connectivity index (χ2n) is 10.1. The molecule has 0 bridgehead atoms. The SMILES string of the molecule is CC(C)(C)P(CPCP(C(C)(C)C)C(C)(C)C)C(C)(C)C. The van der Waals surface area contributed by atoms with E-state index in [2.05, 4.69) is 83.1 Å². The summed E-state index contributed by atoms with van der Waals surface area (Å²) < 4.78 is 0. The third-order valence-electron chi connectivity index (χ3n) is 3.78. The Hall–Kier alpha value is 1.29. The van der Waals surface area contributed by atoms with E-state index in [1.807, 2.05) is 0 Å². The zero-order valence-electron chi connectivity index (χ0n) is 16.8. The van der Waals surface area contributed by atoms with Gasteiger partial charge in [0.15, 0.2) is 0 Å². The molecule has 0 aliphatic carbocycles. The lowest BCUT2D eigenvalue weighted by Crippen LogP contribution is -2.27. The molecule has 3 heteroatoms. The molecule has 0 saturated carbocycles. The summed E-state index contributed by atoms with van der Waals surface area (Å²) in [5.41, 5.74) is 0. The fourth-order valence-electron chi connectivity index (χ4n) is 3.23. The van der Waals surface area contributed by atoms with Crippen molar-refractivity contribution in [2.75, 3.05) is 11.8 Å². The fraction of sp³-hybridized carbons (Fsp3) is 1.00. The quantitative estimate of drug-likeness (QED) is 0.455. The van der Waals surface area contributed by atoms with Gasteiger partial charge < -0.3 is 0 Å². The molecule has 0 N–H and O–H groups in total. The number of hydrogen-bond acceptors (Lipinski definition) is 0. The molecule has 128 valence electrons. The van der Waals surface area contributed by atoms with E-state index in [-0.39, 0.29) is 15.8 Å². The van der Waals surface area contributed by atoms with Gasteiger partial charge in [0.1, 0.15) is 0 Å². The first-order valence-corrected chi connectivity index (χ1v) is 12.7. The standard InChI is InChI=1S/C18H41P3/c1-15(2,3)20(16(4,5)6)13-19-14-21(17(7,8)9)18(10,11)12/h19H,13-14H2,1-12H3. The van der Waals surface area contributed by atoms with Gasteiger partial charge in [0.2, 0.25) is 0 Å². The molecule has 0 radical (unpaired) electrons. The van der Waals surface area contributed by atoms with Crippen LogP contribution in [0.25, 0.3) is 0 Å². The largest absolute Gasteiger partial charge is 0.113 e. The Morgan fingerprint density at radius 2 is 0.667 bits per heavy atom. The van der Waals surface area contributed by atoms with E-state index in [4.69, 9.17) is 0 Å². The van der Waals surface area contributed by atoms with Crippen LogP contribution < -0.4 is 0 Å². The van der Waals surface area contributed by atoms with Gasteiger partial charge in [0.05, 0.1) is 0 Å². The third kappa shape index (κ3) is 8.09. The molecule has 0 spiro atoms. The third-order valence-corrected chi connectivity index (χ3v) is 14.6. The van der Waals surface area contributed by atoms with Crippen LogP contribution in [-0.4, -0.2) is 32.4 Å². The van der Waals surface area contributed by atoms with Gasteiger partial charge in [-0.05, 0) is 32.4 Å². The van der Waals surface area contributed by atoms with Crippen LogP contribution in [0.15, 0.2) is 0 Å². The van der Waals surface area contributed by atoms with Gasteiger partial charge in [-0.25, -0.2) is 0 Å². The second-order valence-corrected chi connectivity index (χ2v) is 20.2. The lowest BCUT2D eigenvalue weighted by Gasteiger charge is -2.44. The summed E-state index contributed by atoms with van der Waals surface area (Å²) in [4.78, 5) is 0. The highest BCUT2D eigenvalue weighted by atomic mass is 31.2. The smallest absolute Gasteiger partial charge is 0.0135 e. The summed E-state index contributed by atoms with van der Waals surface area (Å²) in [7, 11) is 1.30. The highest BCUT2D eigenvalue weighted by molar-refractivity contribution is 7.76. The molecule has 0 saturated heterocycles. The molecule has 0 aliphatic rings. The molecule has 0 aromatic carbocycles. The fourth-order valence-corrected chi connectivity index (χ4v) is 17.9. The van der Waals surface area contributed by atoms with Crippen molar-refractivity contribution in [2.45, 2.75) is 104 Å². The molecule has 0 heterocycles. The van der Waals surface area contributed by atoms with Crippen LogP contribution in [-0.2, 0) is 0 Å². The summed E-state index contributed by atoms with van der Waals surface area (Å²) >= 11 is 0. The van der Waals surface area contributed by atoms with Crippen molar-refractivity contribution in [3.05, 3.63) is 0 Å². The van der Waals surface area contributed by atoms with Crippen LogP contribution in [0.5, 0.6) is 0 Å². The Morgan fingerprint density at radius 3 is 0.810 bits per heavy atom. The Morgan fingerprint density at radius 1 is 0.476 bits per heavy atom. The summed E-state index contributed by atoms with van der Waals surface area (Å²) in [6, 6.07) is 0. The topological polar surface area (TPSA) is 0 Å². The van der Waals surface area contributed by atoms with Gasteiger partial charge in [-0.2, -0.15) is 0 Å². The van der Waals surface area contributed by atoms with Gasteiger partial charge >= 0.3 is 0 Å². The molecular weight excluding hydrogens is 309 g/mol. The van der Waals surface area contributed by atoms with Crippen molar-refractivity contribution in [1.82, 2.24) is 0 Å². The lowest BCUT2D eigenvalue weighted by molar-refractivity contribution is 0.708. The van der Waals surface area contributed by atoms with Crippen molar-refractivity contribution in [3.63, 3.8) is 0 Å². The van der Waals surface area contributed by atoms with E-state index >= 15 is 0 Å². The van der Waals surface area contributed by atoms with Gasteiger partial charge in [0, 0.05) is 0 Å². The molecule has 0 nitrogen and oxygen atoms in total. The van der Waals surface area contributed by atoms with Crippen LogP contribution in [0, 0.1) is 0 Å². The Balaban J connectivity index is 4.84. The van der Waals surface area contributed by atoms with E-state index in [1.165, 1.54) is 11.8 Å². The molecule has 0 amide bonds. The van der Waals surface area contributed by atoms with Gasteiger partial charge in [-0.3, -0.25) is 0 Å². The molecule has 0 aromatic rings. The molecule has 0 atom stereocenters. The molecule has 0 fully saturated rings. The second kappa shape index (κ2) is 7.45. The highest BCUT2D eigenvalue weighted by Crippen LogP contribution is 2.66. The van der Waals surface area contributed by atoms with Gasteiger partial charge in [-0.1, -0.05) is 98.9 Å². The maximum atomic E-state index is 2.45. The average molecular weight is 350 g/mol. The Bertz CT molecular complexity index is 247. The number of hydrogen-bond donors (Lipinski definition) is 0. The van der Waals surface area contributed by atoms with Crippen LogP contribution in [0.3, 0.4) is 0 Å². The predicted octanol–water partition coefficient (Wildman–Crippen LogP) is 7.74. The van der Waals surface area contributed by atoms with Crippen molar-refractivity contribution >= 4 is 24.4 Å². The number of rotatable bonds is 4. The minimum Gasteiger partial charge on any atom is -0.113 e. The highest BCUT2D eigenvalue weighted by Gasteiger charge is 2.36. The average Bonchev–Trinajstić information content (AvgIpc) is 2.07. The van der Waals surface area contributed by atoms with E-state index in [9.17, 15) is 0 Å². The first-order chi connectivity index (χ1) is 8.97. The van der Waals surface area contributed by atoms with Gasteiger partial charge in [0.25, 0.3) is 0 Å². The monoisotopic (exact) mass is 350 g/mol. The van der Waals surface area contributed by atoms with Crippen LogP contribution >= 0.6 is 24.4 Å².